The van der Waals surface area contributed by atoms with Crippen molar-refractivity contribution < 1.29 is 24.2 Å². The second-order valence-electron chi connectivity index (χ2n) is 10.2. The van der Waals surface area contributed by atoms with Crippen LogP contribution >= 0.6 is 0 Å². The van der Waals surface area contributed by atoms with E-state index in [0.29, 0.717) is 35.5 Å². The highest BCUT2D eigenvalue weighted by atomic mass is 16.7. The van der Waals surface area contributed by atoms with E-state index in [9.17, 15) is 19.5 Å². The zero-order chi connectivity index (χ0) is 28.1. The maximum absolute atomic E-state index is 13.8. The van der Waals surface area contributed by atoms with Gasteiger partial charge in [0.05, 0.1) is 12.5 Å². The molecule has 3 aromatic rings. The van der Waals surface area contributed by atoms with Crippen molar-refractivity contribution in [3.63, 3.8) is 0 Å². The van der Waals surface area contributed by atoms with Gasteiger partial charge in [0.15, 0.2) is 11.5 Å². The zero-order valence-electron chi connectivity index (χ0n) is 23.0. The molecule has 0 aliphatic carbocycles. The van der Waals surface area contributed by atoms with E-state index in [1.165, 1.54) is 4.57 Å². The largest absolute Gasteiger partial charge is 0.481 e. The van der Waals surface area contributed by atoms with Crippen molar-refractivity contribution in [3.8, 4) is 11.5 Å². The number of carbonyl (C=O) groups is 2. The van der Waals surface area contributed by atoms with Gasteiger partial charge >= 0.3 is 5.97 Å². The number of rotatable bonds is 11. The zero-order valence-corrected chi connectivity index (χ0v) is 23.0. The number of nitrogens with one attached hydrogen (secondary N) is 1. The molecular weight excluding hydrogens is 496 g/mol. The number of benzene rings is 2. The van der Waals surface area contributed by atoms with E-state index in [0.717, 1.165) is 35.1 Å². The number of aryl methyl sites for hydroxylation is 3. The van der Waals surface area contributed by atoms with Gasteiger partial charge in [-0.2, -0.15) is 0 Å². The maximum Gasteiger partial charge on any atom is 0.305 e. The van der Waals surface area contributed by atoms with Crippen molar-refractivity contribution in [2.45, 2.75) is 71.9 Å². The third-order valence-electron chi connectivity index (χ3n) is 7.23. The normalized spacial score (nSPS) is 13.6. The first-order valence-corrected chi connectivity index (χ1v) is 13.4. The standard InChI is InChI=1S/C31H36N2O6/c1-5-6-10-26(30(36)32-25(16-29(34)35)22-11-12-27-28(15-22)39-18-38-27)33-17-19(2)13-23(31(33)37)14-24-20(3)8-7-9-21(24)4/h7-9,11-13,15,17,25-26H,5-6,10,14,16,18H2,1-4H3,(H,32,36)(H,34,35)/t25-,26+/m0/s1. The number of hydrogen-bond acceptors (Lipinski definition) is 5. The molecule has 206 valence electrons. The number of carboxylic acid groups (broad SMARTS) is 1. The van der Waals surface area contributed by atoms with E-state index in [1.54, 1.807) is 24.4 Å². The van der Waals surface area contributed by atoms with Gasteiger partial charge in [-0.3, -0.25) is 14.4 Å². The van der Waals surface area contributed by atoms with E-state index < -0.39 is 24.0 Å². The average molecular weight is 533 g/mol. The highest BCUT2D eigenvalue weighted by molar-refractivity contribution is 5.81. The molecule has 39 heavy (non-hydrogen) atoms. The van der Waals surface area contributed by atoms with E-state index in [4.69, 9.17) is 9.47 Å². The molecule has 0 bridgehead atoms. The quantitative estimate of drug-likeness (QED) is 0.353. The van der Waals surface area contributed by atoms with Gasteiger partial charge in [-0.15, -0.1) is 0 Å². The van der Waals surface area contributed by atoms with E-state index in [1.807, 2.05) is 52.0 Å². The van der Waals surface area contributed by atoms with E-state index in [-0.39, 0.29) is 18.8 Å². The lowest BCUT2D eigenvalue weighted by Crippen LogP contribution is -2.40. The summed E-state index contributed by atoms with van der Waals surface area (Å²) in [7, 11) is 0. The molecule has 0 spiro atoms. The van der Waals surface area contributed by atoms with Crippen LogP contribution in [-0.4, -0.2) is 28.3 Å². The van der Waals surface area contributed by atoms with Gasteiger partial charge in [0.2, 0.25) is 12.7 Å². The van der Waals surface area contributed by atoms with Crippen LogP contribution in [-0.2, 0) is 16.0 Å². The molecule has 1 amide bonds. The molecule has 0 saturated heterocycles. The summed E-state index contributed by atoms with van der Waals surface area (Å²) in [6, 6.07) is 11.5. The average Bonchev–Trinajstić information content (AvgIpc) is 3.36. The fourth-order valence-corrected chi connectivity index (χ4v) is 5.11. The van der Waals surface area contributed by atoms with Crippen molar-refractivity contribution >= 4 is 11.9 Å². The number of nitrogens with zero attached hydrogens (tertiary/aromatic N) is 1. The van der Waals surface area contributed by atoms with Crippen LogP contribution in [0.4, 0.5) is 0 Å². The third kappa shape index (κ3) is 6.50. The van der Waals surface area contributed by atoms with Crippen molar-refractivity contribution in [1.29, 1.82) is 0 Å². The molecule has 2 aromatic carbocycles. The number of amides is 1. The molecule has 1 aliphatic heterocycles. The third-order valence-corrected chi connectivity index (χ3v) is 7.23. The number of ether oxygens (including phenoxy) is 2. The molecule has 2 atom stereocenters. The Balaban J connectivity index is 1.68. The number of unbranched alkanes of at least 4 members (excludes halogenated alkanes) is 1. The Morgan fingerprint density at radius 2 is 1.77 bits per heavy atom. The predicted octanol–water partition coefficient (Wildman–Crippen LogP) is 5.16. The Hall–Kier alpha value is -4.07. The fraction of sp³-hybridized carbons (Fsp3) is 0.387. The number of carbonyl (C=O) groups excluding carboxylic acids is 1. The van der Waals surface area contributed by atoms with Crippen molar-refractivity contribution in [1.82, 2.24) is 9.88 Å². The molecule has 0 saturated carbocycles. The van der Waals surface area contributed by atoms with Gasteiger partial charge in [0, 0.05) is 18.2 Å². The number of hydrogen-bond donors (Lipinski definition) is 2. The number of aromatic nitrogens is 1. The monoisotopic (exact) mass is 532 g/mol. The second-order valence-corrected chi connectivity index (χ2v) is 10.2. The van der Waals surface area contributed by atoms with Gasteiger partial charge in [0.1, 0.15) is 6.04 Å². The fourth-order valence-electron chi connectivity index (χ4n) is 5.11. The minimum Gasteiger partial charge on any atom is -0.481 e. The molecule has 2 N–H and O–H groups in total. The van der Waals surface area contributed by atoms with Gasteiger partial charge in [-0.25, -0.2) is 0 Å². The number of pyridine rings is 1. The molecule has 8 heteroatoms. The molecule has 1 aliphatic rings. The first kappa shape index (κ1) is 28.0. The lowest BCUT2D eigenvalue weighted by Gasteiger charge is -2.25. The summed E-state index contributed by atoms with van der Waals surface area (Å²) >= 11 is 0. The maximum atomic E-state index is 13.8. The Bertz CT molecular complexity index is 1410. The van der Waals surface area contributed by atoms with Crippen LogP contribution in [0.25, 0.3) is 0 Å². The summed E-state index contributed by atoms with van der Waals surface area (Å²) in [6.45, 7) is 8.10. The summed E-state index contributed by atoms with van der Waals surface area (Å²) in [5.74, 6) is -0.363. The smallest absolute Gasteiger partial charge is 0.305 e. The van der Waals surface area contributed by atoms with Crippen LogP contribution in [0, 0.1) is 20.8 Å². The summed E-state index contributed by atoms with van der Waals surface area (Å²) in [5, 5.41) is 12.5. The van der Waals surface area contributed by atoms with Crippen LogP contribution in [0.2, 0.25) is 0 Å². The van der Waals surface area contributed by atoms with Crippen LogP contribution in [0.3, 0.4) is 0 Å². The summed E-state index contributed by atoms with van der Waals surface area (Å²) in [6.07, 6.45) is 3.92. The molecule has 0 unspecified atom stereocenters. The number of fused-ring (bicyclic) bond motifs is 1. The van der Waals surface area contributed by atoms with Crippen LogP contribution in [0.5, 0.6) is 11.5 Å². The minimum atomic E-state index is -1.05. The SMILES string of the molecule is CCCC[C@H](C(=O)N[C@@H](CC(=O)O)c1ccc2c(c1)OCO2)n1cc(C)cc(Cc2c(C)cccc2C)c1=O. The topological polar surface area (TPSA) is 107 Å². The van der Waals surface area contributed by atoms with Crippen molar-refractivity contribution in [3.05, 3.63) is 92.4 Å². The minimum absolute atomic E-state index is 0.0917. The number of carboxylic acids is 1. The Kier molecular flexibility index (Phi) is 8.74. The predicted molar refractivity (Wildman–Crippen MR) is 148 cm³/mol. The summed E-state index contributed by atoms with van der Waals surface area (Å²) in [5.41, 5.74) is 5.22. The highest BCUT2D eigenvalue weighted by Crippen LogP contribution is 2.35. The molecular formula is C31H36N2O6. The molecule has 4 rings (SSSR count). The van der Waals surface area contributed by atoms with Gasteiger partial charge in [0.25, 0.3) is 5.56 Å². The van der Waals surface area contributed by atoms with Crippen molar-refractivity contribution in [2.24, 2.45) is 0 Å². The first-order valence-electron chi connectivity index (χ1n) is 13.4. The summed E-state index contributed by atoms with van der Waals surface area (Å²) in [4.78, 5) is 39.3. The molecule has 8 nitrogen and oxygen atoms in total. The lowest BCUT2D eigenvalue weighted by atomic mass is 9.96. The van der Waals surface area contributed by atoms with E-state index in [2.05, 4.69) is 5.32 Å². The Morgan fingerprint density at radius 1 is 1.05 bits per heavy atom. The molecule has 0 fully saturated rings. The lowest BCUT2D eigenvalue weighted by molar-refractivity contribution is -0.138. The molecule has 2 heterocycles. The molecule has 1 aromatic heterocycles. The second kappa shape index (κ2) is 12.2. The van der Waals surface area contributed by atoms with Crippen LogP contribution < -0.4 is 20.3 Å². The molecule has 0 radical (unpaired) electrons. The summed E-state index contributed by atoms with van der Waals surface area (Å²) < 4.78 is 12.3. The Labute approximate surface area is 228 Å². The van der Waals surface area contributed by atoms with Crippen LogP contribution in [0.15, 0.2) is 53.5 Å². The van der Waals surface area contributed by atoms with Gasteiger partial charge in [-0.1, -0.05) is 44.0 Å². The Morgan fingerprint density at radius 3 is 2.46 bits per heavy atom. The van der Waals surface area contributed by atoms with Crippen LogP contribution in [0.1, 0.15) is 78.1 Å². The van der Waals surface area contributed by atoms with E-state index >= 15 is 0 Å². The first-order chi connectivity index (χ1) is 18.7. The van der Waals surface area contributed by atoms with Gasteiger partial charge in [-0.05, 0) is 73.2 Å². The number of aliphatic carboxylic acids is 1. The highest BCUT2D eigenvalue weighted by Gasteiger charge is 2.28. The van der Waals surface area contributed by atoms with Crippen molar-refractivity contribution in [2.75, 3.05) is 6.79 Å². The van der Waals surface area contributed by atoms with Gasteiger partial charge < -0.3 is 24.5 Å².